The fourth-order valence-corrected chi connectivity index (χ4v) is 2.34. The van der Waals surface area contributed by atoms with Crippen molar-refractivity contribution < 1.29 is 9.84 Å². The van der Waals surface area contributed by atoms with Gasteiger partial charge in [0.15, 0.2) is 0 Å². The van der Waals surface area contributed by atoms with Crippen molar-refractivity contribution in [1.29, 1.82) is 0 Å². The SMILES string of the molecule is CCCOc1ccccc1-n1nnc(CO)c1C1CC1. The Morgan fingerprint density at radius 2 is 2.15 bits per heavy atom. The van der Waals surface area contributed by atoms with Gasteiger partial charge in [0.1, 0.15) is 17.1 Å². The molecule has 1 fully saturated rings. The summed E-state index contributed by atoms with van der Waals surface area (Å²) < 4.78 is 7.62. The summed E-state index contributed by atoms with van der Waals surface area (Å²) in [6.45, 7) is 2.69. The number of hydrogen-bond acceptors (Lipinski definition) is 4. The molecule has 0 atom stereocenters. The molecule has 1 saturated carbocycles. The van der Waals surface area contributed by atoms with Crippen LogP contribution >= 0.6 is 0 Å². The number of ether oxygens (including phenoxy) is 1. The maximum Gasteiger partial charge on any atom is 0.145 e. The highest BCUT2D eigenvalue weighted by atomic mass is 16.5. The van der Waals surface area contributed by atoms with Gasteiger partial charge in [0.2, 0.25) is 0 Å². The topological polar surface area (TPSA) is 60.2 Å². The first-order valence-electron chi connectivity index (χ1n) is 7.12. The highest BCUT2D eigenvalue weighted by molar-refractivity contribution is 5.47. The van der Waals surface area contributed by atoms with Gasteiger partial charge in [-0.3, -0.25) is 0 Å². The number of aliphatic hydroxyl groups is 1. The third kappa shape index (κ3) is 2.41. The van der Waals surface area contributed by atoms with E-state index in [-0.39, 0.29) is 6.61 Å². The Balaban J connectivity index is 2.02. The van der Waals surface area contributed by atoms with Crippen LogP contribution in [0.3, 0.4) is 0 Å². The molecule has 1 aromatic carbocycles. The zero-order chi connectivity index (χ0) is 13.9. The van der Waals surface area contributed by atoms with E-state index in [2.05, 4.69) is 17.2 Å². The van der Waals surface area contributed by atoms with Crippen LogP contribution < -0.4 is 4.74 Å². The van der Waals surface area contributed by atoms with Crippen LogP contribution in [0.4, 0.5) is 0 Å². The minimum absolute atomic E-state index is 0.0657. The van der Waals surface area contributed by atoms with Crippen LogP contribution in [-0.2, 0) is 6.61 Å². The van der Waals surface area contributed by atoms with Gasteiger partial charge in [-0.1, -0.05) is 24.3 Å². The van der Waals surface area contributed by atoms with Gasteiger partial charge < -0.3 is 9.84 Å². The quantitative estimate of drug-likeness (QED) is 0.878. The number of hydrogen-bond donors (Lipinski definition) is 1. The molecule has 0 unspecified atom stereocenters. The van der Waals surface area contributed by atoms with Gasteiger partial charge in [0, 0.05) is 5.92 Å². The monoisotopic (exact) mass is 273 g/mol. The third-order valence-electron chi connectivity index (χ3n) is 3.45. The smallest absolute Gasteiger partial charge is 0.145 e. The van der Waals surface area contributed by atoms with Crippen molar-refractivity contribution in [3.8, 4) is 11.4 Å². The molecule has 1 aliphatic rings. The van der Waals surface area contributed by atoms with Gasteiger partial charge >= 0.3 is 0 Å². The van der Waals surface area contributed by atoms with Crippen LogP contribution in [0.15, 0.2) is 24.3 Å². The highest BCUT2D eigenvalue weighted by Crippen LogP contribution is 2.42. The first kappa shape index (κ1) is 13.1. The molecular weight excluding hydrogens is 254 g/mol. The predicted molar refractivity (Wildman–Crippen MR) is 75.0 cm³/mol. The second-order valence-electron chi connectivity index (χ2n) is 5.08. The Labute approximate surface area is 118 Å². The number of para-hydroxylation sites is 2. The van der Waals surface area contributed by atoms with Gasteiger partial charge in [0.05, 0.1) is 18.9 Å². The van der Waals surface area contributed by atoms with E-state index in [0.717, 1.165) is 36.4 Å². The summed E-state index contributed by atoms with van der Waals surface area (Å²) in [5.74, 6) is 1.28. The molecule has 5 nitrogen and oxygen atoms in total. The Morgan fingerprint density at radius 3 is 2.85 bits per heavy atom. The van der Waals surface area contributed by atoms with Gasteiger partial charge in [-0.05, 0) is 31.4 Å². The maximum atomic E-state index is 9.42. The van der Waals surface area contributed by atoms with E-state index in [1.54, 1.807) is 0 Å². The molecule has 0 spiro atoms. The Morgan fingerprint density at radius 1 is 1.35 bits per heavy atom. The summed E-state index contributed by atoms with van der Waals surface area (Å²) >= 11 is 0. The van der Waals surface area contributed by atoms with E-state index >= 15 is 0 Å². The van der Waals surface area contributed by atoms with Crippen molar-refractivity contribution >= 4 is 0 Å². The average Bonchev–Trinajstić information content (AvgIpc) is 3.24. The summed E-state index contributed by atoms with van der Waals surface area (Å²) in [7, 11) is 0. The fourth-order valence-electron chi connectivity index (χ4n) is 2.34. The standard InChI is InChI=1S/C15H19N3O2/c1-2-9-20-14-6-4-3-5-13(14)18-15(11-7-8-11)12(10-19)16-17-18/h3-6,11,19H,2,7-10H2,1H3. The molecule has 20 heavy (non-hydrogen) atoms. The first-order valence-corrected chi connectivity index (χ1v) is 7.12. The summed E-state index contributed by atoms with van der Waals surface area (Å²) in [5, 5.41) is 17.7. The normalized spacial score (nSPS) is 14.5. The van der Waals surface area contributed by atoms with Crippen molar-refractivity contribution in [3.05, 3.63) is 35.7 Å². The molecule has 5 heteroatoms. The van der Waals surface area contributed by atoms with Crippen molar-refractivity contribution in [3.63, 3.8) is 0 Å². The molecule has 0 saturated heterocycles. The number of aromatic nitrogens is 3. The van der Waals surface area contributed by atoms with E-state index in [0.29, 0.717) is 18.2 Å². The van der Waals surface area contributed by atoms with Gasteiger partial charge in [-0.15, -0.1) is 5.10 Å². The Kier molecular flexibility index (Phi) is 3.69. The maximum absolute atomic E-state index is 9.42. The highest BCUT2D eigenvalue weighted by Gasteiger charge is 2.32. The lowest BCUT2D eigenvalue weighted by atomic mass is 10.2. The molecule has 0 amide bonds. The summed E-state index contributed by atoms with van der Waals surface area (Å²) in [4.78, 5) is 0. The van der Waals surface area contributed by atoms with E-state index < -0.39 is 0 Å². The predicted octanol–water partition coefficient (Wildman–Crippen LogP) is 2.43. The lowest BCUT2D eigenvalue weighted by molar-refractivity contribution is 0.275. The minimum atomic E-state index is -0.0657. The zero-order valence-electron chi connectivity index (χ0n) is 11.6. The molecule has 3 rings (SSSR count). The lowest BCUT2D eigenvalue weighted by Crippen LogP contribution is -2.06. The molecule has 1 heterocycles. The minimum Gasteiger partial charge on any atom is -0.491 e. The van der Waals surface area contributed by atoms with E-state index in [4.69, 9.17) is 4.74 Å². The van der Waals surface area contributed by atoms with E-state index in [1.165, 1.54) is 0 Å². The van der Waals surface area contributed by atoms with Crippen LogP contribution in [0.1, 0.15) is 43.5 Å². The van der Waals surface area contributed by atoms with Crippen LogP contribution in [0.5, 0.6) is 5.75 Å². The molecule has 2 aromatic rings. The van der Waals surface area contributed by atoms with Crippen LogP contribution in [0.25, 0.3) is 5.69 Å². The second kappa shape index (κ2) is 5.63. The van der Waals surface area contributed by atoms with Gasteiger partial charge in [-0.25, -0.2) is 4.68 Å². The van der Waals surface area contributed by atoms with Crippen LogP contribution in [0, 0.1) is 0 Å². The fraction of sp³-hybridized carbons (Fsp3) is 0.467. The van der Waals surface area contributed by atoms with Crippen LogP contribution in [0.2, 0.25) is 0 Å². The summed E-state index contributed by atoms with van der Waals surface area (Å²) in [6.07, 6.45) is 3.24. The van der Waals surface area contributed by atoms with E-state index in [9.17, 15) is 5.11 Å². The molecule has 0 radical (unpaired) electrons. The van der Waals surface area contributed by atoms with Crippen molar-refractivity contribution in [2.24, 2.45) is 0 Å². The van der Waals surface area contributed by atoms with Gasteiger partial charge in [0.25, 0.3) is 0 Å². The molecule has 0 bridgehead atoms. The Hall–Kier alpha value is -1.88. The molecule has 1 aliphatic carbocycles. The molecule has 0 aliphatic heterocycles. The lowest BCUT2D eigenvalue weighted by Gasteiger charge is -2.12. The summed E-state index contributed by atoms with van der Waals surface area (Å²) in [5.41, 5.74) is 2.60. The molecule has 106 valence electrons. The van der Waals surface area contributed by atoms with Crippen LogP contribution in [-0.4, -0.2) is 26.7 Å². The largest absolute Gasteiger partial charge is 0.491 e. The van der Waals surface area contributed by atoms with E-state index in [1.807, 2.05) is 28.9 Å². The van der Waals surface area contributed by atoms with Crippen molar-refractivity contribution in [2.45, 2.75) is 38.7 Å². The molecule has 1 N–H and O–H groups in total. The second-order valence-corrected chi connectivity index (χ2v) is 5.08. The van der Waals surface area contributed by atoms with Gasteiger partial charge in [-0.2, -0.15) is 0 Å². The number of nitrogens with zero attached hydrogens (tertiary/aromatic N) is 3. The molecular formula is C15H19N3O2. The number of aliphatic hydroxyl groups excluding tert-OH is 1. The average molecular weight is 273 g/mol. The van der Waals surface area contributed by atoms with Crippen molar-refractivity contribution in [2.75, 3.05) is 6.61 Å². The van der Waals surface area contributed by atoms with Crippen molar-refractivity contribution in [1.82, 2.24) is 15.0 Å². The summed E-state index contributed by atoms with van der Waals surface area (Å²) in [6, 6.07) is 7.84. The number of rotatable bonds is 6. The molecule has 1 aromatic heterocycles. The zero-order valence-corrected chi connectivity index (χ0v) is 11.6. The third-order valence-corrected chi connectivity index (χ3v) is 3.45. The number of benzene rings is 1. The first-order chi connectivity index (χ1) is 9.85. The Bertz CT molecular complexity index is 591.